The van der Waals surface area contributed by atoms with E-state index >= 15 is 0 Å². The summed E-state index contributed by atoms with van der Waals surface area (Å²) in [5, 5.41) is 3.56. The first kappa shape index (κ1) is 21.8. The molecular formula is C21H32F2N2O2S. The molecule has 158 valence electrons. The number of rotatable bonds is 8. The van der Waals surface area contributed by atoms with E-state index in [9.17, 15) is 8.78 Å². The number of nitrogens with one attached hydrogen (secondary N) is 2. The average Bonchev–Trinajstić information content (AvgIpc) is 2.70. The second kappa shape index (κ2) is 10.8. The number of halogens is 2. The van der Waals surface area contributed by atoms with Crippen LogP contribution in [-0.2, 0) is 4.74 Å². The quantitative estimate of drug-likeness (QED) is 0.618. The van der Waals surface area contributed by atoms with Crippen LogP contribution in [0.3, 0.4) is 0 Å². The minimum atomic E-state index is -0.606. The van der Waals surface area contributed by atoms with E-state index < -0.39 is 11.6 Å². The first-order chi connectivity index (χ1) is 13.6. The number of ether oxygens (including phenoxy) is 2. The molecule has 3 rings (SSSR count). The van der Waals surface area contributed by atoms with Crippen molar-refractivity contribution in [2.24, 2.45) is 0 Å². The number of benzene rings is 1. The molecule has 2 N–H and O–H groups in total. The molecule has 2 unspecified atom stereocenters. The van der Waals surface area contributed by atoms with Crippen LogP contribution in [0.15, 0.2) is 12.1 Å². The van der Waals surface area contributed by atoms with Crippen LogP contribution in [0.5, 0.6) is 5.75 Å². The molecule has 1 heterocycles. The van der Waals surface area contributed by atoms with Crippen LogP contribution in [0.25, 0.3) is 0 Å². The van der Waals surface area contributed by atoms with Gasteiger partial charge < -0.3 is 14.8 Å². The van der Waals surface area contributed by atoms with Crippen LogP contribution in [0.1, 0.15) is 56.9 Å². The Morgan fingerprint density at radius 2 is 1.96 bits per heavy atom. The van der Waals surface area contributed by atoms with Crippen LogP contribution < -0.4 is 14.8 Å². The van der Waals surface area contributed by atoms with Gasteiger partial charge in [-0.15, -0.1) is 0 Å². The molecule has 0 bridgehead atoms. The van der Waals surface area contributed by atoms with Gasteiger partial charge in [0.15, 0.2) is 11.6 Å². The zero-order valence-corrected chi connectivity index (χ0v) is 17.6. The van der Waals surface area contributed by atoms with E-state index in [0.29, 0.717) is 30.9 Å². The lowest BCUT2D eigenvalue weighted by molar-refractivity contribution is 0.00522. The summed E-state index contributed by atoms with van der Waals surface area (Å²) >= 11 is 1.66. The molecule has 1 saturated carbocycles. The monoisotopic (exact) mass is 414 g/mol. The SMILES string of the molecule is CCOc1c(F)cc(F)cc1[C@H]1CC[C@@H](OCC2NCCCC2NSC)CC1. The summed E-state index contributed by atoms with van der Waals surface area (Å²) in [5.41, 5.74) is 0.663. The van der Waals surface area contributed by atoms with Gasteiger partial charge in [0.1, 0.15) is 5.82 Å². The molecule has 0 amide bonds. The molecule has 1 aromatic rings. The standard InChI is InChI=1S/C21H32F2N2O2S/c1-3-26-21-17(11-15(22)12-18(21)23)14-6-8-16(9-7-14)27-13-20-19(25-28-2)5-4-10-24-20/h11-12,14,16,19-20,24-25H,3-10,13H2,1-2H3/t14-,16+,19?,20?. The Hall–Kier alpha value is -0.890. The Morgan fingerprint density at radius 3 is 2.68 bits per heavy atom. The lowest BCUT2D eigenvalue weighted by Gasteiger charge is -2.35. The molecule has 0 aromatic heterocycles. The maximum atomic E-state index is 14.2. The molecule has 1 saturated heterocycles. The predicted octanol–water partition coefficient (Wildman–Crippen LogP) is 4.39. The Morgan fingerprint density at radius 1 is 1.18 bits per heavy atom. The third-order valence-corrected chi connectivity index (χ3v) is 6.34. The van der Waals surface area contributed by atoms with Gasteiger partial charge in [-0.05, 0) is 70.2 Å². The van der Waals surface area contributed by atoms with E-state index in [1.54, 1.807) is 11.9 Å². The van der Waals surface area contributed by atoms with Crippen molar-refractivity contribution in [1.82, 2.24) is 10.0 Å². The summed E-state index contributed by atoms with van der Waals surface area (Å²) in [7, 11) is 0. The van der Waals surface area contributed by atoms with Crippen LogP contribution in [-0.4, -0.2) is 44.2 Å². The smallest absolute Gasteiger partial charge is 0.168 e. The highest BCUT2D eigenvalue weighted by molar-refractivity contribution is 7.96. The van der Waals surface area contributed by atoms with Gasteiger partial charge in [-0.3, -0.25) is 4.72 Å². The van der Waals surface area contributed by atoms with E-state index in [1.165, 1.54) is 18.9 Å². The lowest BCUT2D eigenvalue weighted by Crippen LogP contribution is -2.52. The Balaban J connectivity index is 1.53. The fourth-order valence-corrected chi connectivity index (χ4v) is 4.97. The fourth-order valence-electron chi connectivity index (χ4n) is 4.38. The van der Waals surface area contributed by atoms with Gasteiger partial charge in [0.05, 0.1) is 19.3 Å². The molecule has 0 spiro atoms. The van der Waals surface area contributed by atoms with Crippen molar-refractivity contribution in [3.8, 4) is 5.75 Å². The predicted molar refractivity (Wildman–Crippen MR) is 110 cm³/mol. The van der Waals surface area contributed by atoms with Crippen LogP contribution in [0, 0.1) is 11.6 Å². The Bertz CT molecular complexity index is 625. The van der Waals surface area contributed by atoms with Gasteiger partial charge in [-0.25, -0.2) is 8.78 Å². The molecule has 2 atom stereocenters. The Labute approximate surface area is 171 Å². The lowest BCUT2D eigenvalue weighted by atomic mass is 9.82. The van der Waals surface area contributed by atoms with Crippen molar-refractivity contribution in [2.75, 3.05) is 26.0 Å². The minimum absolute atomic E-state index is 0.116. The third kappa shape index (κ3) is 5.59. The maximum absolute atomic E-state index is 14.2. The third-order valence-electron chi connectivity index (χ3n) is 5.80. The van der Waals surface area contributed by atoms with E-state index in [0.717, 1.165) is 38.3 Å². The summed E-state index contributed by atoms with van der Waals surface area (Å²) in [4.78, 5) is 0. The summed E-state index contributed by atoms with van der Waals surface area (Å²) in [5.74, 6) is -0.813. The highest BCUT2D eigenvalue weighted by Gasteiger charge is 2.29. The zero-order valence-electron chi connectivity index (χ0n) is 16.8. The number of hydrogen-bond acceptors (Lipinski definition) is 5. The van der Waals surface area contributed by atoms with Crippen molar-refractivity contribution in [3.05, 3.63) is 29.3 Å². The van der Waals surface area contributed by atoms with Gasteiger partial charge in [0, 0.05) is 23.7 Å². The van der Waals surface area contributed by atoms with Crippen LogP contribution >= 0.6 is 11.9 Å². The summed E-state index contributed by atoms with van der Waals surface area (Å²) in [6.07, 6.45) is 8.15. The van der Waals surface area contributed by atoms with Gasteiger partial charge in [-0.1, -0.05) is 11.9 Å². The van der Waals surface area contributed by atoms with E-state index in [4.69, 9.17) is 9.47 Å². The Kier molecular flexibility index (Phi) is 8.38. The van der Waals surface area contributed by atoms with Gasteiger partial charge in [0.25, 0.3) is 0 Å². The van der Waals surface area contributed by atoms with Crippen molar-refractivity contribution in [1.29, 1.82) is 0 Å². The highest BCUT2D eigenvalue weighted by Crippen LogP contribution is 2.40. The summed E-state index contributed by atoms with van der Waals surface area (Å²) in [6, 6.07) is 3.11. The molecule has 28 heavy (non-hydrogen) atoms. The second-order valence-corrected chi connectivity index (χ2v) is 8.32. The second-order valence-electron chi connectivity index (χ2n) is 7.68. The first-order valence-electron chi connectivity index (χ1n) is 10.4. The van der Waals surface area contributed by atoms with Gasteiger partial charge >= 0.3 is 0 Å². The van der Waals surface area contributed by atoms with Crippen molar-refractivity contribution >= 4 is 11.9 Å². The van der Waals surface area contributed by atoms with Crippen molar-refractivity contribution in [3.63, 3.8) is 0 Å². The molecule has 2 aliphatic rings. The fraction of sp³-hybridized carbons (Fsp3) is 0.714. The average molecular weight is 415 g/mol. The summed E-state index contributed by atoms with van der Waals surface area (Å²) < 4.78 is 43.1. The maximum Gasteiger partial charge on any atom is 0.168 e. The largest absolute Gasteiger partial charge is 0.491 e. The van der Waals surface area contributed by atoms with Crippen molar-refractivity contribution in [2.45, 2.75) is 69.6 Å². The number of hydrogen-bond donors (Lipinski definition) is 2. The molecule has 1 aliphatic heterocycles. The summed E-state index contributed by atoms with van der Waals surface area (Å²) in [6.45, 7) is 3.93. The van der Waals surface area contributed by atoms with Gasteiger partial charge in [0.2, 0.25) is 0 Å². The molecule has 0 radical (unpaired) electrons. The van der Waals surface area contributed by atoms with E-state index in [2.05, 4.69) is 16.3 Å². The molecular weight excluding hydrogens is 382 g/mol. The van der Waals surface area contributed by atoms with E-state index in [-0.39, 0.29) is 17.8 Å². The van der Waals surface area contributed by atoms with E-state index in [1.807, 2.05) is 6.92 Å². The number of piperidine rings is 1. The minimum Gasteiger partial charge on any atom is -0.491 e. The van der Waals surface area contributed by atoms with Crippen LogP contribution in [0.2, 0.25) is 0 Å². The molecule has 7 heteroatoms. The van der Waals surface area contributed by atoms with Crippen LogP contribution in [0.4, 0.5) is 8.78 Å². The highest BCUT2D eigenvalue weighted by atomic mass is 32.2. The van der Waals surface area contributed by atoms with Gasteiger partial charge in [-0.2, -0.15) is 0 Å². The topological polar surface area (TPSA) is 42.5 Å². The zero-order chi connectivity index (χ0) is 19.9. The molecule has 1 aliphatic carbocycles. The molecule has 1 aromatic carbocycles. The normalized spacial score (nSPS) is 28.3. The molecule has 4 nitrogen and oxygen atoms in total. The van der Waals surface area contributed by atoms with Crippen molar-refractivity contribution < 1.29 is 18.3 Å². The first-order valence-corrected chi connectivity index (χ1v) is 11.6. The molecule has 2 fully saturated rings.